The van der Waals surface area contributed by atoms with Gasteiger partial charge in [0.15, 0.2) is 0 Å². The topological polar surface area (TPSA) is 47.6 Å². The Kier molecular flexibility index (Phi) is 5.21. The number of nitrogens with one attached hydrogen (secondary N) is 1. The number of ether oxygens (including phenoxy) is 2. The third-order valence-electron chi connectivity index (χ3n) is 3.00. The summed E-state index contributed by atoms with van der Waals surface area (Å²) < 4.78 is 10.3. The minimum atomic E-state index is -0.338. The molecule has 0 unspecified atom stereocenters. The van der Waals surface area contributed by atoms with Gasteiger partial charge in [-0.1, -0.05) is 23.8 Å². The van der Waals surface area contributed by atoms with Crippen molar-refractivity contribution in [2.24, 2.45) is 0 Å². The molecule has 21 heavy (non-hydrogen) atoms. The molecule has 4 heteroatoms. The van der Waals surface area contributed by atoms with Gasteiger partial charge in [0, 0.05) is 12.2 Å². The number of anilines is 1. The van der Waals surface area contributed by atoms with Crippen LogP contribution in [0.25, 0.3) is 0 Å². The number of esters is 1. The summed E-state index contributed by atoms with van der Waals surface area (Å²) >= 11 is 0. The highest BCUT2D eigenvalue weighted by Crippen LogP contribution is 2.13. The molecule has 0 amide bonds. The summed E-state index contributed by atoms with van der Waals surface area (Å²) in [6.07, 6.45) is 0. The highest BCUT2D eigenvalue weighted by Gasteiger charge is 2.05. The SMILES string of the molecule is COC(=O)c1cccc(NCCOc2ccc(C)cc2)c1. The number of hydrogen-bond donors (Lipinski definition) is 1. The Morgan fingerprint density at radius 1 is 1.14 bits per heavy atom. The lowest BCUT2D eigenvalue weighted by atomic mass is 10.2. The van der Waals surface area contributed by atoms with Gasteiger partial charge in [-0.15, -0.1) is 0 Å². The molecule has 0 spiro atoms. The third-order valence-corrected chi connectivity index (χ3v) is 3.00. The van der Waals surface area contributed by atoms with Gasteiger partial charge < -0.3 is 14.8 Å². The van der Waals surface area contributed by atoms with E-state index in [1.54, 1.807) is 12.1 Å². The Morgan fingerprint density at radius 2 is 1.90 bits per heavy atom. The van der Waals surface area contributed by atoms with E-state index in [1.807, 2.05) is 43.3 Å². The fourth-order valence-corrected chi connectivity index (χ4v) is 1.87. The van der Waals surface area contributed by atoms with Gasteiger partial charge in [-0.05, 0) is 37.3 Å². The van der Waals surface area contributed by atoms with E-state index >= 15 is 0 Å². The second-order valence-corrected chi connectivity index (χ2v) is 4.66. The lowest BCUT2D eigenvalue weighted by molar-refractivity contribution is 0.0601. The summed E-state index contributed by atoms with van der Waals surface area (Å²) in [4.78, 5) is 11.4. The predicted octanol–water partition coefficient (Wildman–Crippen LogP) is 3.27. The van der Waals surface area contributed by atoms with E-state index in [0.29, 0.717) is 18.7 Å². The van der Waals surface area contributed by atoms with Crippen molar-refractivity contribution >= 4 is 11.7 Å². The summed E-state index contributed by atoms with van der Waals surface area (Å²) in [6, 6.07) is 15.1. The zero-order chi connectivity index (χ0) is 15.1. The molecule has 0 saturated heterocycles. The number of rotatable bonds is 6. The average Bonchev–Trinajstić information content (AvgIpc) is 2.53. The first-order chi connectivity index (χ1) is 10.2. The summed E-state index contributed by atoms with van der Waals surface area (Å²) in [6.45, 7) is 3.24. The Morgan fingerprint density at radius 3 is 2.62 bits per heavy atom. The van der Waals surface area contributed by atoms with Crippen molar-refractivity contribution in [3.8, 4) is 5.75 Å². The molecule has 0 aliphatic carbocycles. The van der Waals surface area contributed by atoms with Crippen molar-refractivity contribution < 1.29 is 14.3 Å². The molecule has 0 saturated carbocycles. The van der Waals surface area contributed by atoms with Gasteiger partial charge in [0.05, 0.1) is 12.7 Å². The maximum absolute atomic E-state index is 11.4. The fraction of sp³-hybridized carbons (Fsp3) is 0.235. The minimum Gasteiger partial charge on any atom is -0.492 e. The van der Waals surface area contributed by atoms with Crippen LogP contribution in [-0.4, -0.2) is 26.2 Å². The van der Waals surface area contributed by atoms with Crippen molar-refractivity contribution in [3.05, 3.63) is 59.7 Å². The summed E-state index contributed by atoms with van der Waals surface area (Å²) in [5.74, 6) is 0.514. The predicted molar refractivity (Wildman–Crippen MR) is 82.9 cm³/mol. The van der Waals surface area contributed by atoms with Crippen molar-refractivity contribution in [1.82, 2.24) is 0 Å². The number of carbonyl (C=O) groups excluding carboxylic acids is 1. The summed E-state index contributed by atoms with van der Waals surface area (Å²) in [7, 11) is 1.37. The molecule has 0 bridgehead atoms. The molecule has 2 rings (SSSR count). The summed E-state index contributed by atoms with van der Waals surface area (Å²) in [5.41, 5.74) is 2.60. The quantitative estimate of drug-likeness (QED) is 0.653. The third kappa shape index (κ3) is 4.53. The highest BCUT2D eigenvalue weighted by molar-refractivity contribution is 5.90. The van der Waals surface area contributed by atoms with Crippen molar-refractivity contribution in [2.75, 3.05) is 25.6 Å². The molecule has 0 aliphatic rings. The van der Waals surface area contributed by atoms with Crippen LogP contribution in [0.1, 0.15) is 15.9 Å². The first-order valence-corrected chi connectivity index (χ1v) is 6.81. The zero-order valence-electron chi connectivity index (χ0n) is 12.3. The van der Waals surface area contributed by atoms with E-state index in [-0.39, 0.29) is 5.97 Å². The average molecular weight is 285 g/mol. The van der Waals surface area contributed by atoms with Crippen molar-refractivity contribution in [1.29, 1.82) is 0 Å². The van der Waals surface area contributed by atoms with Gasteiger partial charge in [-0.2, -0.15) is 0 Å². The Labute approximate surface area is 124 Å². The minimum absolute atomic E-state index is 0.338. The lowest BCUT2D eigenvalue weighted by Gasteiger charge is -2.09. The number of methoxy groups -OCH3 is 1. The smallest absolute Gasteiger partial charge is 0.337 e. The maximum atomic E-state index is 11.4. The van der Waals surface area contributed by atoms with E-state index in [2.05, 4.69) is 5.32 Å². The van der Waals surface area contributed by atoms with Crippen LogP contribution in [0.2, 0.25) is 0 Å². The second kappa shape index (κ2) is 7.33. The molecular weight excluding hydrogens is 266 g/mol. The van der Waals surface area contributed by atoms with Crippen LogP contribution in [0.3, 0.4) is 0 Å². The molecule has 0 aromatic heterocycles. The molecule has 0 heterocycles. The lowest BCUT2D eigenvalue weighted by Crippen LogP contribution is -2.12. The normalized spacial score (nSPS) is 10.0. The van der Waals surface area contributed by atoms with Crippen LogP contribution in [-0.2, 0) is 4.74 Å². The molecule has 2 aromatic carbocycles. The maximum Gasteiger partial charge on any atom is 0.337 e. The Hall–Kier alpha value is -2.49. The van der Waals surface area contributed by atoms with Gasteiger partial charge >= 0.3 is 5.97 Å². The van der Waals surface area contributed by atoms with Gasteiger partial charge in [-0.3, -0.25) is 0 Å². The molecule has 0 radical (unpaired) electrons. The van der Waals surface area contributed by atoms with Crippen molar-refractivity contribution in [3.63, 3.8) is 0 Å². The largest absolute Gasteiger partial charge is 0.492 e. The number of hydrogen-bond acceptors (Lipinski definition) is 4. The van der Waals surface area contributed by atoms with Gasteiger partial charge in [0.1, 0.15) is 12.4 Å². The highest BCUT2D eigenvalue weighted by atomic mass is 16.5. The number of aryl methyl sites for hydroxylation is 1. The van der Waals surface area contributed by atoms with Gasteiger partial charge in [0.2, 0.25) is 0 Å². The fourth-order valence-electron chi connectivity index (χ4n) is 1.87. The van der Waals surface area contributed by atoms with Crippen molar-refractivity contribution in [2.45, 2.75) is 6.92 Å². The van der Waals surface area contributed by atoms with Crippen LogP contribution in [0, 0.1) is 6.92 Å². The first kappa shape index (κ1) is 14.9. The van der Waals surface area contributed by atoms with Crippen LogP contribution < -0.4 is 10.1 Å². The van der Waals surface area contributed by atoms with E-state index < -0.39 is 0 Å². The number of benzene rings is 2. The Balaban J connectivity index is 1.80. The molecule has 0 atom stereocenters. The van der Waals surface area contributed by atoms with Gasteiger partial charge in [-0.25, -0.2) is 4.79 Å². The molecule has 1 N–H and O–H groups in total. The molecule has 2 aromatic rings. The zero-order valence-corrected chi connectivity index (χ0v) is 12.3. The van der Waals surface area contributed by atoms with Crippen LogP contribution in [0.4, 0.5) is 5.69 Å². The second-order valence-electron chi connectivity index (χ2n) is 4.66. The molecule has 0 fully saturated rings. The first-order valence-electron chi connectivity index (χ1n) is 6.81. The monoisotopic (exact) mass is 285 g/mol. The molecule has 0 aliphatic heterocycles. The van der Waals surface area contributed by atoms with Gasteiger partial charge in [0.25, 0.3) is 0 Å². The molecule has 110 valence electrons. The van der Waals surface area contributed by atoms with E-state index in [0.717, 1.165) is 11.4 Å². The molecule has 4 nitrogen and oxygen atoms in total. The van der Waals surface area contributed by atoms with Crippen LogP contribution >= 0.6 is 0 Å². The Bertz CT molecular complexity index is 593. The summed E-state index contributed by atoms with van der Waals surface area (Å²) in [5, 5.41) is 3.21. The molecular formula is C17H19NO3. The van der Waals surface area contributed by atoms with Crippen LogP contribution in [0.5, 0.6) is 5.75 Å². The van der Waals surface area contributed by atoms with E-state index in [4.69, 9.17) is 9.47 Å². The standard InChI is InChI=1S/C17H19NO3/c1-13-6-8-16(9-7-13)21-11-10-18-15-5-3-4-14(12-15)17(19)20-2/h3-9,12,18H,10-11H2,1-2H3. The van der Waals surface area contributed by atoms with E-state index in [9.17, 15) is 4.79 Å². The van der Waals surface area contributed by atoms with Crippen LogP contribution in [0.15, 0.2) is 48.5 Å². The van der Waals surface area contributed by atoms with E-state index in [1.165, 1.54) is 12.7 Å². The number of carbonyl (C=O) groups is 1.